The average molecular weight is 1490 g/mol. The molecule has 9 nitrogen and oxygen atoms in total. The monoisotopic (exact) mass is 1490 g/mol. The third kappa shape index (κ3) is 89.6. The van der Waals surface area contributed by atoms with E-state index in [1.54, 1.807) is 0 Å². The molecule has 10 heteroatoms. The van der Waals surface area contributed by atoms with E-state index in [4.69, 9.17) is 18.5 Å². The lowest BCUT2D eigenvalue weighted by atomic mass is 10.0. The Labute approximate surface area is 651 Å². The summed E-state index contributed by atoms with van der Waals surface area (Å²) in [6.07, 6.45) is 112. The summed E-state index contributed by atoms with van der Waals surface area (Å²) in [6.45, 7) is 4.55. The molecule has 2 atom stereocenters. The summed E-state index contributed by atoms with van der Waals surface area (Å²) in [5.74, 6) is -0.763. The molecule has 620 valence electrons. The Morgan fingerprint density at radius 2 is 0.490 bits per heavy atom. The number of likely N-dealkylation sites (N-methyl/N-ethyl adjacent to an activating group) is 1. The van der Waals surface area contributed by atoms with Gasteiger partial charge in [-0.25, -0.2) is 4.57 Å². The molecule has 0 heterocycles. The molecular weight excluding hydrogens is 1300 g/mol. The molecule has 0 bridgehead atoms. The van der Waals surface area contributed by atoms with E-state index in [1.165, 1.54) is 462 Å². The first-order chi connectivity index (χ1) is 51.0. The Morgan fingerprint density at radius 1 is 0.288 bits per heavy atom. The second kappa shape index (κ2) is 85.7. The SMILES string of the molecule is CCCCCCCCCC/C=C\CCCCCCCCCCCCCCCCCCCCCCCCCCCCCC(=O)OC(COC(=O)CCCCCCCCCCCCCCCCCCCCCCCCCCCCCCCCCCCCCCCCCCC)COP(=O)(O)OCC[N+](C)(C)C. The van der Waals surface area contributed by atoms with E-state index < -0.39 is 26.5 Å². The lowest BCUT2D eigenvalue weighted by Gasteiger charge is -2.24. The van der Waals surface area contributed by atoms with Gasteiger partial charge in [-0.1, -0.05) is 488 Å². The highest BCUT2D eigenvalue weighted by atomic mass is 31.2. The van der Waals surface area contributed by atoms with Crippen LogP contribution in [0.15, 0.2) is 12.2 Å². The molecule has 0 aromatic rings. The lowest BCUT2D eigenvalue weighted by molar-refractivity contribution is -0.870. The number of hydrogen-bond acceptors (Lipinski definition) is 7. The van der Waals surface area contributed by atoms with Gasteiger partial charge in [0, 0.05) is 12.8 Å². The molecule has 0 fully saturated rings. The Hall–Kier alpha value is -1.25. The van der Waals surface area contributed by atoms with Crippen molar-refractivity contribution in [1.29, 1.82) is 0 Å². The van der Waals surface area contributed by atoms with Crippen molar-refractivity contribution in [2.24, 2.45) is 0 Å². The number of quaternary nitrogens is 1. The van der Waals surface area contributed by atoms with Crippen molar-refractivity contribution in [3.63, 3.8) is 0 Å². The molecule has 0 aliphatic heterocycles. The topological polar surface area (TPSA) is 108 Å². The zero-order valence-electron chi connectivity index (χ0n) is 71.3. The van der Waals surface area contributed by atoms with Gasteiger partial charge in [0.15, 0.2) is 6.10 Å². The number of phosphoric acid groups is 1. The highest BCUT2D eigenvalue weighted by Crippen LogP contribution is 2.43. The summed E-state index contributed by atoms with van der Waals surface area (Å²) in [4.78, 5) is 36.1. The molecule has 0 saturated heterocycles. The van der Waals surface area contributed by atoms with Crippen LogP contribution < -0.4 is 0 Å². The van der Waals surface area contributed by atoms with Crippen LogP contribution in [-0.4, -0.2) is 74.9 Å². The molecule has 0 aromatic carbocycles. The number of phosphoric ester groups is 1. The van der Waals surface area contributed by atoms with Crippen LogP contribution in [-0.2, 0) is 32.7 Å². The number of ether oxygens (including phenoxy) is 2. The smallest absolute Gasteiger partial charge is 0.462 e. The highest BCUT2D eigenvalue weighted by Gasteiger charge is 2.27. The standard InChI is InChI=1S/C94H186NO8P/c1-6-8-10-12-14-16-18-20-22-24-26-28-30-32-34-36-38-40-42-44-46-47-49-50-52-54-56-58-60-62-64-66-68-70-72-74-76-78-80-82-84-86-93(96)100-90-92(91-102-104(98,99)101-89-88-95(3,4)5)103-94(97)87-85-83-81-79-77-75-73-71-69-67-65-63-61-59-57-55-53-51-48-45-43-41-39-37-35-33-31-29-27-25-23-21-19-17-15-13-11-9-7-2/h25,27,92H,6-24,26,28-91H2,1-5H3/p+1/b27-25-. The van der Waals surface area contributed by atoms with Crippen molar-refractivity contribution in [3.05, 3.63) is 12.2 Å². The zero-order chi connectivity index (χ0) is 75.4. The maximum atomic E-state index is 13.0. The molecule has 0 radical (unpaired) electrons. The van der Waals surface area contributed by atoms with Crippen molar-refractivity contribution in [2.45, 2.75) is 534 Å². The predicted molar refractivity (Wildman–Crippen MR) is 455 cm³/mol. The summed E-state index contributed by atoms with van der Waals surface area (Å²) in [5.41, 5.74) is 0. The molecule has 0 saturated carbocycles. The van der Waals surface area contributed by atoms with Crippen LogP contribution in [0.4, 0.5) is 0 Å². The second-order valence-corrected chi connectivity index (χ2v) is 35.6. The zero-order valence-corrected chi connectivity index (χ0v) is 72.2. The second-order valence-electron chi connectivity index (χ2n) is 34.1. The fraction of sp³-hybridized carbons (Fsp3) is 0.957. The van der Waals surface area contributed by atoms with E-state index in [1.807, 2.05) is 21.1 Å². The van der Waals surface area contributed by atoms with E-state index in [9.17, 15) is 19.0 Å². The van der Waals surface area contributed by atoms with Gasteiger partial charge >= 0.3 is 19.8 Å². The Balaban J connectivity index is 3.79. The predicted octanol–water partition coefficient (Wildman–Crippen LogP) is 32.1. The van der Waals surface area contributed by atoms with Gasteiger partial charge in [-0.15, -0.1) is 0 Å². The molecule has 0 aliphatic carbocycles. The quantitative estimate of drug-likeness (QED) is 0.0211. The van der Waals surface area contributed by atoms with Crippen LogP contribution >= 0.6 is 7.82 Å². The number of allylic oxidation sites excluding steroid dienone is 2. The summed E-state index contributed by atoms with van der Waals surface area (Å²) in [6, 6.07) is 0. The van der Waals surface area contributed by atoms with Gasteiger partial charge in [0.05, 0.1) is 27.7 Å². The van der Waals surface area contributed by atoms with Gasteiger partial charge in [-0.2, -0.15) is 0 Å². The van der Waals surface area contributed by atoms with E-state index in [0.717, 1.165) is 38.5 Å². The molecular formula is C94H187NO8P+. The van der Waals surface area contributed by atoms with Crippen LogP contribution in [0, 0.1) is 0 Å². The first kappa shape index (κ1) is 103. The Kier molecular flexibility index (Phi) is 84.7. The number of hydrogen-bond donors (Lipinski definition) is 1. The number of nitrogens with zero attached hydrogens (tertiary/aromatic N) is 1. The normalized spacial score (nSPS) is 12.9. The fourth-order valence-electron chi connectivity index (χ4n) is 15.1. The van der Waals surface area contributed by atoms with Gasteiger partial charge in [0.25, 0.3) is 0 Å². The molecule has 0 rings (SSSR count). The maximum Gasteiger partial charge on any atom is 0.472 e. The van der Waals surface area contributed by atoms with Gasteiger partial charge in [0.2, 0.25) is 0 Å². The number of carbonyl (C=O) groups excluding carboxylic acids is 2. The molecule has 1 N–H and O–H groups in total. The summed E-state index contributed by atoms with van der Waals surface area (Å²) < 4.78 is 34.9. The minimum Gasteiger partial charge on any atom is -0.462 e. The average Bonchev–Trinajstić information content (AvgIpc) is 0.915. The van der Waals surface area contributed by atoms with Crippen molar-refractivity contribution >= 4 is 19.8 Å². The van der Waals surface area contributed by atoms with Gasteiger partial charge < -0.3 is 18.9 Å². The van der Waals surface area contributed by atoms with Crippen molar-refractivity contribution in [3.8, 4) is 0 Å². The Morgan fingerprint density at radius 3 is 0.712 bits per heavy atom. The van der Waals surface area contributed by atoms with Gasteiger partial charge in [-0.05, 0) is 38.5 Å². The largest absolute Gasteiger partial charge is 0.472 e. The van der Waals surface area contributed by atoms with Crippen molar-refractivity contribution in [2.75, 3.05) is 47.5 Å². The van der Waals surface area contributed by atoms with Crippen molar-refractivity contribution in [1.82, 2.24) is 0 Å². The third-order valence-corrected chi connectivity index (χ3v) is 23.3. The van der Waals surface area contributed by atoms with Crippen LogP contribution in [0.1, 0.15) is 528 Å². The van der Waals surface area contributed by atoms with Crippen LogP contribution in [0.25, 0.3) is 0 Å². The summed E-state index contributed by atoms with van der Waals surface area (Å²) in [7, 11) is 1.51. The maximum absolute atomic E-state index is 13.0. The van der Waals surface area contributed by atoms with Crippen LogP contribution in [0.5, 0.6) is 0 Å². The molecule has 0 aromatic heterocycles. The number of carbonyl (C=O) groups is 2. The Bertz CT molecular complexity index is 1750. The first-order valence-corrected chi connectivity index (χ1v) is 48.9. The van der Waals surface area contributed by atoms with E-state index in [-0.39, 0.29) is 25.6 Å². The van der Waals surface area contributed by atoms with Crippen LogP contribution in [0.3, 0.4) is 0 Å². The molecule has 104 heavy (non-hydrogen) atoms. The van der Waals surface area contributed by atoms with E-state index >= 15 is 0 Å². The number of unbranched alkanes of at least 4 members (excludes halogenated alkanes) is 75. The van der Waals surface area contributed by atoms with E-state index in [2.05, 4.69) is 26.0 Å². The minimum absolute atomic E-state index is 0.0373. The molecule has 0 aliphatic rings. The van der Waals surface area contributed by atoms with E-state index in [0.29, 0.717) is 17.4 Å². The summed E-state index contributed by atoms with van der Waals surface area (Å²) in [5, 5.41) is 0. The highest BCUT2D eigenvalue weighted by molar-refractivity contribution is 7.47. The lowest BCUT2D eigenvalue weighted by Crippen LogP contribution is -2.37. The van der Waals surface area contributed by atoms with Gasteiger partial charge in [0.1, 0.15) is 19.8 Å². The first-order valence-electron chi connectivity index (χ1n) is 47.4. The van der Waals surface area contributed by atoms with Gasteiger partial charge in [-0.3, -0.25) is 18.6 Å². The van der Waals surface area contributed by atoms with Crippen LogP contribution in [0.2, 0.25) is 0 Å². The van der Waals surface area contributed by atoms with Crippen molar-refractivity contribution < 1.29 is 42.1 Å². The molecule has 0 amide bonds. The molecule has 0 spiro atoms. The molecule has 2 unspecified atom stereocenters. The fourth-order valence-corrected chi connectivity index (χ4v) is 15.8. The summed E-state index contributed by atoms with van der Waals surface area (Å²) >= 11 is 0. The third-order valence-electron chi connectivity index (χ3n) is 22.3. The number of rotatable bonds is 91. The number of esters is 2. The minimum atomic E-state index is -4.39.